The predicted molar refractivity (Wildman–Crippen MR) is 77.2 cm³/mol. The Kier molecular flexibility index (Phi) is 3.88. The van der Waals surface area contributed by atoms with E-state index >= 15 is 0 Å². The molecule has 1 heterocycles. The van der Waals surface area contributed by atoms with E-state index in [9.17, 15) is 8.78 Å². The molecule has 0 radical (unpaired) electrons. The van der Waals surface area contributed by atoms with Gasteiger partial charge in [0.05, 0.1) is 6.61 Å². The number of hydrogen-bond donors (Lipinski definition) is 1. The Morgan fingerprint density at radius 1 is 1.14 bits per heavy atom. The minimum absolute atomic E-state index is 0.150. The van der Waals surface area contributed by atoms with Gasteiger partial charge >= 0.3 is 0 Å². The second-order valence-corrected chi connectivity index (χ2v) is 5.50. The monoisotopic (exact) mass is 289 g/mol. The third kappa shape index (κ3) is 3.05. The van der Waals surface area contributed by atoms with Crippen LogP contribution in [-0.2, 0) is 12.8 Å². The Balaban J connectivity index is 1.69. The molecule has 2 N–H and O–H groups in total. The molecule has 2 nitrogen and oxygen atoms in total. The van der Waals surface area contributed by atoms with Gasteiger partial charge in [0.15, 0.2) is 11.6 Å². The Hall–Kier alpha value is -1.94. The van der Waals surface area contributed by atoms with E-state index in [0.717, 1.165) is 23.8 Å². The molecule has 0 bridgehead atoms. The van der Waals surface area contributed by atoms with Gasteiger partial charge in [-0.1, -0.05) is 24.3 Å². The number of benzene rings is 2. The molecule has 2 aromatic rings. The van der Waals surface area contributed by atoms with E-state index in [2.05, 4.69) is 0 Å². The molecule has 1 aliphatic rings. The predicted octanol–water partition coefficient (Wildman–Crippen LogP) is 3.09. The summed E-state index contributed by atoms with van der Waals surface area (Å²) in [5.74, 6) is -0.575. The van der Waals surface area contributed by atoms with Crippen molar-refractivity contribution in [2.45, 2.75) is 18.9 Å². The summed E-state index contributed by atoms with van der Waals surface area (Å²) in [5, 5.41) is 0. The van der Waals surface area contributed by atoms with Crippen LogP contribution in [0.3, 0.4) is 0 Å². The Morgan fingerprint density at radius 3 is 2.76 bits per heavy atom. The lowest BCUT2D eigenvalue weighted by Gasteiger charge is -2.29. The van der Waals surface area contributed by atoms with Crippen LogP contribution < -0.4 is 10.5 Å². The fraction of sp³-hybridized carbons (Fsp3) is 0.294. The summed E-state index contributed by atoms with van der Waals surface area (Å²) in [6.45, 7) is 0.557. The number of para-hydroxylation sites is 1. The van der Waals surface area contributed by atoms with Crippen LogP contribution in [0.1, 0.15) is 11.1 Å². The number of nitrogens with two attached hydrogens (primary N) is 1. The topological polar surface area (TPSA) is 35.2 Å². The molecule has 0 amide bonds. The zero-order valence-corrected chi connectivity index (χ0v) is 11.6. The normalized spacial score (nSPS) is 18.7. The van der Waals surface area contributed by atoms with Crippen molar-refractivity contribution in [1.82, 2.24) is 0 Å². The van der Waals surface area contributed by atoms with Crippen molar-refractivity contribution >= 4 is 0 Å². The maximum absolute atomic E-state index is 13.2. The number of rotatable bonds is 3. The fourth-order valence-corrected chi connectivity index (χ4v) is 2.73. The van der Waals surface area contributed by atoms with E-state index in [0.29, 0.717) is 18.6 Å². The first kappa shape index (κ1) is 14.0. The van der Waals surface area contributed by atoms with Crippen LogP contribution in [0.25, 0.3) is 0 Å². The van der Waals surface area contributed by atoms with Crippen LogP contribution in [0.15, 0.2) is 42.5 Å². The van der Waals surface area contributed by atoms with E-state index in [1.165, 1.54) is 6.07 Å². The number of ether oxygens (including phenoxy) is 1. The summed E-state index contributed by atoms with van der Waals surface area (Å²) in [7, 11) is 0. The second-order valence-electron chi connectivity index (χ2n) is 5.50. The summed E-state index contributed by atoms with van der Waals surface area (Å²) < 4.78 is 31.9. The lowest BCUT2D eigenvalue weighted by atomic mass is 9.87. The summed E-state index contributed by atoms with van der Waals surface area (Å²) in [5.41, 5.74) is 8.09. The highest BCUT2D eigenvalue weighted by molar-refractivity contribution is 5.35. The fourth-order valence-electron chi connectivity index (χ4n) is 2.73. The molecular formula is C17H17F2NO. The lowest BCUT2D eigenvalue weighted by molar-refractivity contribution is 0.199. The number of halogens is 2. The number of fused-ring (bicyclic) bond motifs is 1. The zero-order valence-electron chi connectivity index (χ0n) is 11.6. The smallest absolute Gasteiger partial charge is 0.159 e. The summed E-state index contributed by atoms with van der Waals surface area (Å²) in [6, 6.07) is 11.7. The quantitative estimate of drug-likeness (QED) is 0.942. The van der Waals surface area contributed by atoms with E-state index in [1.807, 2.05) is 24.3 Å². The van der Waals surface area contributed by atoms with Crippen LogP contribution >= 0.6 is 0 Å². The van der Waals surface area contributed by atoms with Gasteiger partial charge in [0, 0.05) is 12.0 Å². The molecule has 2 atom stereocenters. The highest BCUT2D eigenvalue weighted by atomic mass is 19.2. The maximum Gasteiger partial charge on any atom is 0.159 e. The minimum atomic E-state index is -0.831. The Labute approximate surface area is 122 Å². The van der Waals surface area contributed by atoms with Crippen LogP contribution in [0.4, 0.5) is 8.78 Å². The Morgan fingerprint density at radius 2 is 1.95 bits per heavy atom. The van der Waals surface area contributed by atoms with Crippen LogP contribution in [0.2, 0.25) is 0 Å². The molecule has 0 aliphatic carbocycles. The molecule has 110 valence electrons. The van der Waals surface area contributed by atoms with Gasteiger partial charge in [-0.05, 0) is 42.2 Å². The maximum atomic E-state index is 13.2. The van der Waals surface area contributed by atoms with Crippen molar-refractivity contribution in [3.8, 4) is 5.75 Å². The largest absolute Gasteiger partial charge is 0.493 e. The third-order valence-electron chi connectivity index (χ3n) is 3.97. The molecule has 0 saturated heterocycles. The first-order chi connectivity index (χ1) is 10.1. The standard InChI is InChI=1S/C17H17F2NO/c18-14-6-5-11(7-15(14)19)8-16(20)13-9-12-3-1-2-4-17(12)21-10-13/h1-7,13,16H,8-10,20H2. The van der Waals surface area contributed by atoms with Gasteiger partial charge in [-0.15, -0.1) is 0 Å². The molecule has 0 aromatic heterocycles. The molecule has 2 aromatic carbocycles. The molecule has 1 aliphatic heterocycles. The SMILES string of the molecule is NC(Cc1ccc(F)c(F)c1)C1COc2ccccc2C1. The molecule has 4 heteroatoms. The van der Waals surface area contributed by atoms with Gasteiger partial charge in [-0.2, -0.15) is 0 Å². The third-order valence-corrected chi connectivity index (χ3v) is 3.97. The molecule has 0 spiro atoms. The summed E-state index contributed by atoms with van der Waals surface area (Å²) in [6.07, 6.45) is 1.36. The van der Waals surface area contributed by atoms with E-state index < -0.39 is 11.6 Å². The van der Waals surface area contributed by atoms with E-state index in [-0.39, 0.29) is 12.0 Å². The van der Waals surface area contributed by atoms with Crippen molar-refractivity contribution in [1.29, 1.82) is 0 Å². The summed E-state index contributed by atoms with van der Waals surface area (Å²) >= 11 is 0. The van der Waals surface area contributed by atoms with E-state index in [1.54, 1.807) is 6.07 Å². The molecule has 2 unspecified atom stereocenters. The molecule has 0 saturated carbocycles. The van der Waals surface area contributed by atoms with Crippen molar-refractivity contribution in [2.24, 2.45) is 11.7 Å². The molecular weight excluding hydrogens is 272 g/mol. The molecule has 3 rings (SSSR count). The second kappa shape index (κ2) is 5.82. The molecule has 21 heavy (non-hydrogen) atoms. The van der Waals surface area contributed by atoms with Crippen molar-refractivity contribution in [3.63, 3.8) is 0 Å². The first-order valence-corrected chi connectivity index (χ1v) is 7.03. The average Bonchev–Trinajstić information content (AvgIpc) is 2.50. The van der Waals surface area contributed by atoms with Gasteiger partial charge in [0.25, 0.3) is 0 Å². The minimum Gasteiger partial charge on any atom is -0.493 e. The van der Waals surface area contributed by atoms with Crippen LogP contribution in [-0.4, -0.2) is 12.6 Å². The van der Waals surface area contributed by atoms with Crippen LogP contribution in [0.5, 0.6) is 5.75 Å². The highest BCUT2D eigenvalue weighted by Crippen LogP contribution is 2.28. The van der Waals surface area contributed by atoms with Crippen molar-refractivity contribution in [3.05, 3.63) is 65.2 Å². The van der Waals surface area contributed by atoms with Crippen molar-refractivity contribution < 1.29 is 13.5 Å². The summed E-state index contributed by atoms with van der Waals surface area (Å²) in [4.78, 5) is 0. The van der Waals surface area contributed by atoms with Gasteiger partial charge in [-0.25, -0.2) is 8.78 Å². The van der Waals surface area contributed by atoms with Gasteiger partial charge < -0.3 is 10.5 Å². The average molecular weight is 289 g/mol. The highest BCUT2D eigenvalue weighted by Gasteiger charge is 2.25. The van der Waals surface area contributed by atoms with Gasteiger partial charge in [0.1, 0.15) is 5.75 Å². The van der Waals surface area contributed by atoms with Crippen LogP contribution in [0, 0.1) is 17.6 Å². The first-order valence-electron chi connectivity index (χ1n) is 7.03. The van der Waals surface area contributed by atoms with E-state index in [4.69, 9.17) is 10.5 Å². The van der Waals surface area contributed by atoms with Gasteiger partial charge in [0.2, 0.25) is 0 Å². The lowest BCUT2D eigenvalue weighted by Crippen LogP contribution is -2.39. The molecule has 0 fully saturated rings. The van der Waals surface area contributed by atoms with Crippen molar-refractivity contribution in [2.75, 3.05) is 6.61 Å². The zero-order chi connectivity index (χ0) is 14.8. The number of hydrogen-bond acceptors (Lipinski definition) is 2. The van der Waals surface area contributed by atoms with Gasteiger partial charge in [-0.3, -0.25) is 0 Å². The Bertz CT molecular complexity index is 644.